The first kappa shape index (κ1) is 19.8. The second kappa shape index (κ2) is 12.2. The van der Waals surface area contributed by atoms with E-state index in [9.17, 15) is 4.89 Å². The number of hydrogen-bond acceptors (Lipinski definition) is 5. The molecule has 22 heavy (non-hydrogen) atoms. The van der Waals surface area contributed by atoms with Crippen LogP contribution in [-0.2, 0) is 10.7 Å². The summed E-state index contributed by atoms with van der Waals surface area (Å²) < 4.78 is 9.72. The Balaban J connectivity index is 2.34. The molecule has 1 unspecified atom stereocenters. The molecule has 1 atom stereocenters. The molecule has 3 N–H and O–H groups in total. The van der Waals surface area contributed by atoms with Crippen LogP contribution in [0.15, 0.2) is 24.3 Å². The minimum absolute atomic E-state index is 0.541. The first-order valence-corrected chi connectivity index (χ1v) is 10.0. The standard InChI is InChI=1S/C15H26O5P2/c1-2-3-4-5-6-7-8-11-14-12-9-10-13-15(14)19-22(18)20-21(16)17/h9-10,12-13,16-18H,2-8,11H2,1H3. The Labute approximate surface area is 135 Å². The van der Waals surface area contributed by atoms with Gasteiger partial charge in [0.1, 0.15) is 5.75 Å². The number of aryl methyl sites for hydroxylation is 1. The normalized spacial score (nSPS) is 12.6. The molecule has 1 rings (SSSR count). The van der Waals surface area contributed by atoms with Gasteiger partial charge in [0.2, 0.25) is 0 Å². The van der Waals surface area contributed by atoms with Gasteiger partial charge in [0.15, 0.2) is 0 Å². The first-order chi connectivity index (χ1) is 10.6. The van der Waals surface area contributed by atoms with E-state index in [0.29, 0.717) is 5.75 Å². The number of rotatable bonds is 12. The van der Waals surface area contributed by atoms with E-state index in [1.807, 2.05) is 18.2 Å². The molecule has 0 heterocycles. The molecule has 0 aromatic heterocycles. The van der Waals surface area contributed by atoms with E-state index in [0.717, 1.165) is 18.4 Å². The summed E-state index contributed by atoms with van der Waals surface area (Å²) in [6.45, 7) is 2.22. The average Bonchev–Trinajstić information content (AvgIpc) is 2.47. The molecule has 0 aliphatic rings. The summed E-state index contributed by atoms with van der Waals surface area (Å²) in [6, 6.07) is 7.45. The molecule has 1 aromatic rings. The van der Waals surface area contributed by atoms with Crippen LogP contribution in [0.4, 0.5) is 0 Å². The molecule has 5 nitrogen and oxygen atoms in total. The van der Waals surface area contributed by atoms with Crippen LogP contribution in [0.2, 0.25) is 0 Å². The van der Waals surface area contributed by atoms with Gasteiger partial charge in [-0.2, -0.15) is 0 Å². The lowest BCUT2D eigenvalue weighted by atomic mass is 10.0. The molecule has 0 aliphatic carbocycles. The summed E-state index contributed by atoms with van der Waals surface area (Å²) in [6.07, 6.45) is 9.56. The Morgan fingerprint density at radius 2 is 1.55 bits per heavy atom. The van der Waals surface area contributed by atoms with Gasteiger partial charge in [-0.25, -0.2) is 4.31 Å². The molecule has 0 bridgehead atoms. The second-order valence-electron chi connectivity index (χ2n) is 5.14. The van der Waals surface area contributed by atoms with Gasteiger partial charge in [-0.15, -0.1) is 0 Å². The lowest BCUT2D eigenvalue weighted by Gasteiger charge is -2.14. The third kappa shape index (κ3) is 8.99. The van der Waals surface area contributed by atoms with Crippen LogP contribution in [0.25, 0.3) is 0 Å². The predicted octanol–water partition coefficient (Wildman–Crippen LogP) is 4.81. The van der Waals surface area contributed by atoms with Crippen LogP contribution in [0.5, 0.6) is 5.75 Å². The van der Waals surface area contributed by atoms with Gasteiger partial charge in [0.25, 0.3) is 0 Å². The molecule has 0 amide bonds. The maximum absolute atomic E-state index is 9.51. The number of unbranched alkanes of at least 4 members (excludes halogenated alkanes) is 6. The Kier molecular flexibility index (Phi) is 10.9. The molecular formula is C15H26O5P2. The monoisotopic (exact) mass is 348 g/mol. The molecule has 0 spiro atoms. The van der Waals surface area contributed by atoms with Gasteiger partial charge in [0, 0.05) is 0 Å². The van der Waals surface area contributed by atoms with E-state index >= 15 is 0 Å². The van der Waals surface area contributed by atoms with Gasteiger partial charge in [0.05, 0.1) is 0 Å². The quantitative estimate of drug-likeness (QED) is 0.373. The fourth-order valence-electron chi connectivity index (χ4n) is 2.24. The highest BCUT2D eigenvalue weighted by Crippen LogP contribution is 2.47. The van der Waals surface area contributed by atoms with Crippen molar-refractivity contribution >= 4 is 17.2 Å². The minimum atomic E-state index is -2.61. The Morgan fingerprint density at radius 3 is 2.23 bits per heavy atom. The summed E-state index contributed by atoms with van der Waals surface area (Å²) in [5.74, 6) is 0.541. The average molecular weight is 348 g/mol. The zero-order chi connectivity index (χ0) is 16.2. The van der Waals surface area contributed by atoms with E-state index in [2.05, 4.69) is 11.2 Å². The van der Waals surface area contributed by atoms with E-state index < -0.39 is 17.2 Å². The smallest absolute Gasteiger partial charge is 0.401 e. The molecule has 0 aliphatic heterocycles. The van der Waals surface area contributed by atoms with Crippen LogP contribution in [0.3, 0.4) is 0 Å². The van der Waals surface area contributed by atoms with Crippen molar-refractivity contribution in [2.75, 3.05) is 0 Å². The van der Waals surface area contributed by atoms with Crippen molar-refractivity contribution < 1.29 is 23.5 Å². The minimum Gasteiger partial charge on any atom is -0.426 e. The number of benzene rings is 1. The van der Waals surface area contributed by atoms with Gasteiger partial charge in [-0.05, 0) is 24.5 Å². The molecule has 126 valence electrons. The zero-order valence-electron chi connectivity index (χ0n) is 13.0. The summed E-state index contributed by atoms with van der Waals surface area (Å²) in [5, 5.41) is 0. The first-order valence-electron chi connectivity index (χ1n) is 7.74. The van der Waals surface area contributed by atoms with E-state index in [4.69, 9.17) is 14.3 Å². The van der Waals surface area contributed by atoms with Gasteiger partial charge in [-0.1, -0.05) is 63.6 Å². The van der Waals surface area contributed by atoms with Crippen LogP contribution in [0, 0.1) is 0 Å². The maximum Gasteiger partial charge on any atom is 0.401 e. The molecule has 0 radical (unpaired) electrons. The molecule has 1 aromatic carbocycles. The fourth-order valence-corrected chi connectivity index (χ4v) is 3.21. The summed E-state index contributed by atoms with van der Waals surface area (Å²) in [7, 11) is -4.93. The molecule has 0 saturated heterocycles. The van der Waals surface area contributed by atoms with Crippen LogP contribution >= 0.6 is 17.2 Å². The van der Waals surface area contributed by atoms with Crippen molar-refractivity contribution in [2.24, 2.45) is 0 Å². The van der Waals surface area contributed by atoms with Crippen LogP contribution in [0.1, 0.15) is 57.4 Å². The molecule has 0 saturated carbocycles. The third-order valence-corrected chi connectivity index (χ3v) is 4.84. The van der Waals surface area contributed by atoms with Gasteiger partial charge < -0.3 is 19.2 Å². The molecule has 0 fully saturated rings. The van der Waals surface area contributed by atoms with Crippen LogP contribution in [-0.4, -0.2) is 14.7 Å². The lowest BCUT2D eigenvalue weighted by molar-refractivity contribution is 0.328. The van der Waals surface area contributed by atoms with Crippen molar-refractivity contribution in [2.45, 2.75) is 58.3 Å². The number of para-hydroxylation sites is 1. The summed E-state index contributed by atoms with van der Waals surface area (Å²) in [5.41, 5.74) is 1.00. The Morgan fingerprint density at radius 1 is 0.909 bits per heavy atom. The van der Waals surface area contributed by atoms with Crippen molar-refractivity contribution in [3.05, 3.63) is 29.8 Å². The van der Waals surface area contributed by atoms with Crippen molar-refractivity contribution in [1.82, 2.24) is 0 Å². The van der Waals surface area contributed by atoms with Gasteiger partial charge >= 0.3 is 17.2 Å². The summed E-state index contributed by atoms with van der Waals surface area (Å²) in [4.78, 5) is 26.9. The summed E-state index contributed by atoms with van der Waals surface area (Å²) >= 11 is 0. The van der Waals surface area contributed by atoms with E-state index in [-0.39, 0.29) is 0 Å². The molecular weight excluding hydrogens is 322 g/mol. The van der Waals surface area contributed by atoms with Crippen molar-refractivity contribution in [3.63, 3.8) is 0 Å². The zero-order valence-corrected chi connectivity index (χ0v) is 14.8. The lowest BCUT2D eigenvalue weighted by Crippen LogP contribution is -1.94. The topological polar surface area (TPSA) is 79.2 Å². The Hall–Kier alpha value is -0.280. The molecule has 7 heteroatoms. The van der Waals surface area contributed by atoms with E-state index in [1.54, 1.807) is 6.07 Å². The predicted molar refractivity (Wildman–Crippen MR) is 90.3 cm³/mol. The highest BCUT2D eigenvalue weighted by molar-refractivity contribution is 7.54. The van der Waals surface area contributed by atoms with Crippen LogP contribution < -0.4 is 4.52 Å². The maximum atomic E-state index is 9.51. The highest BCUT2D eigenvalue weighted by Gasteiger charge is 2.16. The fraction of sp³-hybridized carbons (Fsp3) is 0.600. The highest BCUT2D eigenvalue weighted by atomic mass is 31.2. The van der Waals surface area contributed by atoms with E-state index in [1.165, 1.54) is 38.5 Å². The Bertz CT molecular complexity index is 403. The third-order valence-electron chi connectivity index (χ3n) is 3.34. The number of hydrogen-bond donors (Lipinski definition) is 3. The second-order valence-corrected chi connectivity index (χ2v) is 6.96. The largest absolute Gasteiger partial charge is 0.426 e. The van der Waals surface area contributed by atoms with Crippen molar-refractivity contribution in [3.8, 4) is 5.75 Å². The van der Waals surface area contributed by atoms with Gasteiger partial charge in [-0.3, -0.25) is 0 Å². The SMILES string of the molecule is CCCCCCCCCc1ccccc1OP(O)OP(O)O. The van der Waals surface area contributed by atoms with Crippen molar-refractivity contribution in [1.29, 1.82) is 0 Å².